The van der Waals surface area contributed by atoms with E-state index in [-0.39, 0.29) is 5.56 Å². The molecule has 4 nitrogen and oxygen atoms in total. The van der Waals surface area contributed by atoms with Crippen LogP contribution in [-0.4, -0.2) is 30.9 Å². The van der Waals surface area contributed by atoms with Gasteiger partial charge in [-0.15, -0.1) is 0 Å². The molecule has 104 valence electrons. The van der Waals surface area contributed by atoms with Gasteiger partial charge >= 0.3 is 5.97 Å². The van der Waals surface area contributed by atoms with Crippen LogP contribution in [0.4, 0.5) is 4.39 Å². The van der Waals surface area contributed by atoms with E-state index in [4.69, 9.17) is 14.6 Å². The van der Waals surface area contributed by atoms with Gasteiger partial charge < -0.3 is 14.6 Å². The highest BCUT2D eigenvalue weighted by molar-refractivity contribution is 5.88. The van der Waals surface area contributed by atoms with E-state index in [1.165, 1.54) is 6.07 Å². The zero-order valence-electron chi connectivity index (χ0n) is 10.6. The second kappa shape index (κ2) is 6.63. The van der Waals surface area contributed by atoms with Gasteiger partial charge in [0.15, 0.2) is 0 Å². The van der Waals surface area contributed by atoms with Gasteiger partial charge in [0.25, 0.3) is 0 Å². The standard InChI is InChI=1S/C14H17FO4/c15-13-2-1-11(7-12(13)14(16)17)9-19-8-10-3-5-18-6-4-10/h1-2,7,10H,3-6,8-9H2,(H,16,17). The van der Waals surface area contributed by atoms with E-state index >= 15 is 0 Å². The molecule has 1 heterocycles. The zero-order valence-corrected chi connectivity index (χ0v) is 10.6. The van der Waals surface area contributed by atoms with Crippen molar-refractivity contribution in [3.63, 3.8) is 0 Å². The number of carbonyl (C=O) groups is 1. The summed E-state index contributed by atoms with van der Waals surface area (Å²) >= 11 is 0. The fourth-order valence-electron chi connectivity index (χ4n) is 2.08. The Hall–Kier alpha value is -1.46. The van der Waals surface area contributed by atoms with Crippen molar-refractivity contribution in [3.05, 3.63) is 35.1 Å². The predicted octanol–water partition coefficient (Wildman–Crippen LogP) is 2.47. The minimum absolute atomic E-state index is 0.303. The van der Waals surface area contributed by atoms with Crippen LogP contribution >= 0.6 is 0 Å². The quantitative estimate of drug-likeness (QED) is 0.891. The van der Waals surface area contributed by atoms with Crippen LogP contribution in [-0.2, 0) is 16.1 Å². The van der Waals surface area contributed by atoms with Gasteiger partial charge in [0.2, 0.25) is 0 Å². The average molecular weight is 268 g/mol. The molecule has 5 heteroatoms. The first kappa shape index (κ1) is 14.0. The van der Waals surface area contributed by atoms with Gasteiger partial charge in [-0.2, -0.15) is 0 Å². The zero-order chi connectivity index (χ0) is 13.7. The second-order valence-corrected chi connectivity index (χ2v) is 4.69. The lowest BCUT2D eigenvalue weighted by atomic mass is 10.0. The Morgan fingerprint density at radius 1 is 1.42 bits per heavy atom. The molecule has 0 unspecified atom stereocenters. The molecule has 0 saturated carbocycles. The lowest BCUT2D eigenvalue weighted by molar-refractivity contribution is 0.0157. The van der Waals surface area contributed by atoms with E-state index in [0.29, 0.717) is 24.7 Å². The lowest BCUT2D eigenvalue weighted by Gasteiger charge is -2.21. The summed E-state index contributed by atoms with van der Waals surface area (Å²) in [5, 5.41) is 8.82. The van der Waals surface area contributed by atoms with Gasteiger partial charge in [-0.1, -0.05) is 6.07 Å². The lowest BCUT2D eigenvalue weighted by Crippen LogP contribution is -2.20. The fourth-order valence-corrected chi connectivity index (χ4v) is 2.08. The van der Waals surface area contributed by atoms with E-state index in [1.54, 1.807) is 6.07 Å². The summed E-state index contributed by atoms with van der Waals surface area (Å²) in [7, 11) is 0. The third-order valence-electron chi connectivity index (χ3n) is 3.22. The van der Waals surface area contributed by atoms with Crippen molar-refractivity contribution in [1.82, 2.24) is 0 Å². The first-order valence-corrected chi connectivity index (χ1v) is 6.34. The highest BCUT2D eigenvalue weighted by Crippen LogP contribution is 2.16. The Kier molecular flexibility index (Phi) is 4.87. The molecule has 19 heavy (non-hydrogen) atoms. The van der Waals surface area contributed by atoms with E-state index in [2.05, 4.69) is 0 Å². The van der Waals surface area contributed by atoms with Crippen LogP contribution < -0.4 is 0 Å². The predicted molar refractivity (Wildman–Crippen MR) is 66.6 cm³/mol. The summed E-state index contributed by atoms with van der Waals surface area (Å²) in [6.45, 7) is 2.47. The Morgan fingerprint density at radius 3 is 2.84 bits per heavy atom. The highest BCUT2D eigenvalue weighted by Gasteiger charge is 2.14. The van der Waals surface area contributed by atoms with Crippen molar-refractivity contribution < 1.29 is 23.8 Å². The Labute approximate surface area is 111 Å². The second-order valence-electron chi connectivity index (χ2n) is 4.69. The van der Waals surface area contributed by atoms with E-state index in [1.807, 2.05) is 0 Å². The molecule has 0 bridgehead atoms. The molecule has 0 aromatic heterocycles. The molecule has 1 aliphatic heterocycles. The van der Waals surface area contributed by atoms with Crippen molar-refractivity contribution >= 4 is 5.97 Å². The Balaban J connectivity index is 1.85. The molecule has 0 amide bonds. The minimum Gasteiger partial charge on any atom is -0.478 e. The largest absolute Gasteiger partial charge is 0.478 e. The Morgan fingerprint density at radius 2 is 2.16 bits per heavy atom. The van der Waals surface area contributed by atoms with Crippen molar-refractivity contribution in [2.24, 2.45) is 5.92 Å². The number of benzene rings is 1. The average Bonchev–Trinajstić information content (AvgIpc) is 2.41. The van der Waals surface area contributed by atoms with Crippen LogP contribution in [0.15, 0.2) is 18.2 Å². The first-order valence-electron chi connectivity index (χ1n) is 6.34. The molecule has 1 fully saturated rings. The van der Waals surface area contributed by atoms with Crippen molar-refractivity contribution in [1.29, 1.82) is 0 Å². The summed E-state index contributed by atoms with van der Waals surface area (Å²) in [5.41, 5.74) is 0.359. The maximum atomic E-state index is 13.2. The maximum Gasteiger partial charge on any atom is 0.338 e. The summed E-state index contributed by atoms with van der Waals surface area (Å²) in [6, 6.07) is 4.03. The summed E-state index contributed by atoms with van der Waals surface area (Å²) in [4.78, 5) is 10.8. The number of hydrogen-bond donors (Lipinski definition) is 1. The number of halogens is 1. The molecule has 1 N–H and O–H groups in total. The van der Waals surface area contributed by atoms with Crippen LogP contribution in [0.1, 0.15) is 28.8 Å². The van der Waals surface area contributed by atoms with Gasteiger partial charge in [0, 0.05) is 13.2 Å². The van der Waals surface area contributed by atoms with E-state index in [9.17, 15) is 9.18 Å². The smallest absolute Gasteiger partial charge is 0.338 e. The van der Waals surface area contributed by atoms with Crippen molar-refractivity contribution in [3.8, 4) is 0 Å². The molecule has 0 spiro atoms. The third kappa shape index (κ3) is 4.01. The third-order valence-corrected chi connectivity index (χ3v) is 3.22. The van der Waals surface area contributed by atoms with Crippen LogP contribution in [0.5, 0.6) is 0 Å². The molecule has 1 aromatic carbocycles. The van der Waals surface area contributed by atoms with Crippen molar-refractivity contribution in [2.45, 2.75) is 19.4 Å². The molecule has 1 aromatic rings. The SMILES string of the molecule is O=C(O)c1cc(COCC2CCOCC2)ccc1F. The molecular formula is C14H17FO4. The normalized spacial score (nSPS) is 16.5. The molecule has 0 radical (unpaired) electrons. The van der Waals surface area contributed by atoms with Crippen LogP contribution in [0.2, 0.25) is 0 Å². The highest BCUT2D eigenvalue weighted by atomic mass is 19.1. The van der Waals surface area contributed by atoms with E-state index in [0.717, 1.165) is 32.1 Å². The number of carboxylic acid groups (broad SMARTS) is 1. The number of hydrogen-bond acceptors (Lipinski definition) is 3. The molecule has 1 saturated heterocycles. The topological polar surface area (TPSA) is 55.8 Å². The first-order chi connectivity index (χ1) is 9.16. The monoisotopic (exact) mass is 268 g/mol. The van der Waals surface area contributed by atoms with Gasteiger partial charge in [0.05, 0.1) is 18.8 Å². The van der Waals surface area contributed by atoms with Gasteiger partial charge in [-0.05, 0) is 36.5 Å². The van der Waals surface area contributed by atoms with Crippen LogP contribution in [0, 0.1) is 11.7 Å². The van der Waals surface area contributed by atoms with Crippen LogP contribution in [0.25, 0.3) is 0 Å². The number of ether oxygens (including phenoxy) is 2. The molecule has 0 aliphatic carbocycles. The van der Waals surface area contributed by atoms with Gasteiger partial charge in [-0.25, -0.2) is 9.18 Å². The number of carboxylic acids is 1. The number of aromatic carboxylic acids is 1. The number of rotatable bonds is 5. The fraction of sp³-hybridized carbons (Fsp3) is 0.500. The van der Waals surface area contributed by atoms with Gasteiger partial charge in [0.1, 0.15) is 5.82 Å². The summed E-state index contributed by atoms with van der Waals surface area (Å²) in [6.07, 6.45) is 1.98. The maximum absolute atomic E-state index is 13.2. The molecule has 2 rings (SSSR count). The van der Waals surface area contributed by atoms with E-state index < -0.39 is 11.8 Å². The van der Waals surface area contributed by atoms with Gasteiger partial charge in [-0.3, -0.25) is 0 Å². The Bertz CT molecular complexity index is 441. The van der Waals surface area contributed by atoms with Crippen LogP contribution in [0.3, 0.4) is 0 Å². The summed E-state index contributed by atoms with van der Waals surface area (Å²) in [5.74, 6) is -1.49. The molecule has 0 atom stereocenters. The minimum atomic E-state index is -1.26. The molecule has 1 aliphatic rings. The molecular weight excluding hydrogens is 251 g/mol. The van der Waals surface area contributed by atoms with Crippen molar-refractivity contribution in [2.75, 3.05) is 19.8 Å². The summed E-state index contributed by atoms with van der Waals surface area (Å²) < 4.78 is 24.0.